The summed E-state index contributed by atoms with van der Waals surface area (Å²) in [4.78, 5) is 4.29. The number of pyridine rings is 1. The molecule has 0 atom stereocenters. The Kier molecular flexibility index (Phi) is 3.71. The lowest BCUT2D eigenvalue weighted by Gasteiger charge is -2.27. The minimum absolute atomic E-state index is 0.242. The van der Waals surface area contributed by atoms with Gasteiger partial charge in [0, 0.05) is 18.8 Å². The molecule has 16 heavy (non-hydrogen) atoms. The van der Waals surface area contributed by atoms with E-state index in [0.717, 1.165) is 32.0 Å². The first-order chi connectivity index (χ1) is 7.75. The van der Waals surface area contributed by atoms with Gasteiger partial charge in [-0.15, -0.1) is 0 Å². The van der Waals surface area contributed by atoms with Gasteiger partial charge in [0.15, 0.2) is 0 Å². The SMILES string of the molecule is Cc1ccc(O)c(CNN2CCOCC2)n1. The first-order valence-corrected chi connectivity index (χ1v) is 5.47. The number of hydrogen-bond donors (Lipinski definition) is 2. The van der Waals surface area contributed by atoms with E-state index in [9.17, 15) is 5.11 Å². The van der Waals surface area contributed by atoms with Crippen molar-refractivity contribution >= 4 is 0 Å². The first-order valence-electron chi connectivity index (χ1n) is 5.47. The van der Waals surface area contributed by atoms with Crippen LogP contribution in [0.25, 0.3) is 0 Å². The van der Waals surface area contributed by atoms with Crippen molar-refractivity contribution in [1.29, 1.82) is 0 Å². The molecule has 0 radical (unpaired) electrons. The third-order valence-electron chi connectivity index (χ3n) is 2.57. The molecule has 1 aliphatic rings. The van der Waals surface area contributed by atoms with E-state index in [-0.39, 0.29) is 5.75 Å². The van der Waals surface area contributed by atoms with Crippen molar-refractivity contribution in [3.05, 3.63) is 23.5 Å². The van der Waals surface area contributed by atoms with Gasteiger partial charge in [-0.2, -0.15) is 0 Å². The molecule has 1 aliphatic heterocycles. The van der Waals surface area contributed by atoms with E-state index >= 15 is 0 Å². The van der Waals surface area contributed by atoms with E-state index in [1.165, 1.54) is 0 Å². The summed E-state index contributed by atoms with van der Waals surface area (Å²) in [6, 6.07) is 3.48. The van der Waals surface area contributed by atoms with Crippen LogP contribution in [0.1, 0.15) is 11.4 Å². The number of aromatic nitrogens is 1. The summed E-state index contributed by atoms with van der Waals surface area (Å²) in [5.41, 5.74) is 4.84. The summed E-state index contributed by atoms with van der Waals surface area (Å²) in [5, 5.41) is 11.7. The number of aromatic hydroxyl groups is 1. The van der Waals surface area contributed by atoms with Gasteiger partial charge in [0.2, 0.25) is 0 Å². The Bertz CT molecular complexity index is 351. The predicted octanol–water partition coefficient (Wildman–Crippen LogP) is 0.432. The van der Waals surface area contributed by atoms with Gasteiger partial charge >= 0.3 is 0 Å². The van der Waals surface area contributed by atoms with Crippen LogP contribution in [-0.2, 0) is 11.3 Å². The highest BCUT2D eigenvalue weighted by Crippen LogP contribution is 2.14. The van der Waals surface area contributed by atoms with Crippen molar-refractivity contribution in [1.82, 2.24) is 15.4 Å². The monoisotopic (exact) mass is 223 g/mol. The standard InChI is InChI=1S/C11H17N3O2/c1-9-2-3-11(15)10(13-9)8-12-14-4-6-16-7-5-14/h2-3,12,15H,4-8H2,1H3. The molecule has 1 aromatic rings. The second kappa shape index (κ2) is 5.25. The Morgan fingerprint density at radius 2 is 2.19 bits per heavy atom. The van der Waals surface area contributed by atoms with Crippen molar-refractivity contribution in [3.8, 4) is 5.75 Å². The fourth-order valence-electron chi connectivity index (χ4n) is 1.64. The van der Waals surface area contributed by atoms with Gasteiger partial charge in [-0.1, -0.05) is 0 Å². The second-order valence-corrected chi connectivity index (χ2v) is 3.85. The molecule has 0 aromatic carbocycles. The highest BCUT2D eigenvalue weighted by molar-refractivity contribution is 5.27. The van der Waals surface area contributed by atoms with Gasteiger partial charge in [-0.05, 0) is 19.1 Å². The van der Waals surface area contributed by atoms with E-state index in [1.807, 2.05) is 6.92 Å². The van der Waals surface area contributed by atoms with Crippen LogP contribution in [0.4, 0.5) is 0 Å². The third-order valence-corrected chi connectivity index (χ3v) is 2.57. The van der Waals surface area contributed by atoms with Crippen molar-refractivity contribution in [2.24, 2.45) is 0 Å². The molecule has 88 valence electrons. The molecule has 1 fully saturated rings. The fourth-order valence-corrected chi connectivity index (χ4v) is 1.64. The zero-order chi connectivity index (χ0) is 11.4. The van der Waals surface area contributed by atoms with Crippen LogP contribution in [0, 0.1) is 6.92 Å². The van der Waals surface area contributed by atoms with Crippen molar-refractivity contribution < 1.29 is 9.84 Å². The molecule has 0 saturated carbocycles. The van der Waals surface area contributed by atoms with Crippen LogP contribution in [0.5, 0.6) is 5.75 Å². The maximum Gasteiger partial charge on any atom is 0.138 e. The number of hydrazine groups is 1. The van der Waals surface area contributed by atoms with Crippen LogP contribution in [0.3, 0.4) is 0 Å². The number of ether oxygens (including phenoxy) is 1. The van der Waals surface area contributed by atoms with Crippen LogP contribution < -0.4 is 5.43 Å². The quantitative estimate of drug-likeness (QED) is 0.778. The zero-order valence-corrected chi connectivity index (χ0v) is 9.44. The van der Waals surface area contributed by atoms with E-state index in [1.54, 1.807) is 12.1 Å². The molecular formula is C11H17N3O2. The molecule has 5 nitrogen and oxygen atoms in total. The number of morpholine rings is 1. The second-order valence-electron chi connectivity index (χ2n) is 3.85. The zero-order valence-electron chi connectivity index (χ0n) is 9.44. The van der Waals surface area contributed by atoms with Gasteiger partial charge in [-0.3, -0.25) is 4.98 Å². The highest BCUT2D eigenvalue weighted by atomic mass is 16.5. The lowest BCUT2D eigenvalue weighted by molar-refractivity contribution is 0.0102. The van der Waals surface area contributed by atoms with Crippen LogP contribution in [0.2, 0.25) is 0 Å². The van der Waals surface area contributed by atoms with Gasteiger partial charge in [0.05, 0.1) is 25.5 Å². The number of nitrogens with zero attached hydrogens (tertiary/aromatic N) is 2. The molecule has 0 aliphatic carbocycles. The highest BCUT2D eigenvalue weighted by Gasteiger charge is 2.10. The molecular weight excluding hydrogens is 206 g/mol. The van der Waals surface area contributed by atoms with Crippen LogP contribution in [-0.4, -0.2) is 41.4 Å². The Hall–Kier alpha value is -1.17. The normalized spacial score (nSPS) is 17.6. The lowest BCUT2D eigenvalue weighted by Crippen LogP contribution is -2.45. The minimum atomic E-state index is 0.242. The summed E-state index contributed by atoms with van der Waals surface area (Å²) in [6.07, 6.45) is 0. The number of hydrogen-bond acceptors (Lipinski definition) is 5. The fraction of sp³-hybridized carbons (Fsp3) is 0.545. The molecule has 0 unspecified atom stereocenters. The Labute approximate surface area is 95.0 Å². The molecule has 0 bridgehead atoms. The van der Waals surface area contributed by atoms with Gasteiger partial charge in [0.25, 0.3) is 0 Å². The largest absolute Gasteiger partial charge is 0.506 e. The maximum atomic E-state index is 9.62. The topological polar surface area (TPSA) is 57.6 Å². The number of nitrogens with one attached hydrogen (secondary N) is 1. The summed E-state index contributed by atoms with van der Waals surface area (Å²) >= 11 is 0. The van der Waals surface area contributed by atoms with E-state index in [4.69, 9.17) is 4.74 Å². The Morgan fingerprint density at radius 1 is 1.44 bits per heavy atom. The summed E-state index contributed by atoms with van der Waals surface area (Å²) < 4.78 is 5.25. The molecule has 1 saturated heterocycles. The van der Waals surface area contributed by atoms with Crippen LogP contribution >= 0.6 is 0 Å². The van der Waals surface area contributed by atoms with Crippen LogP contribution in [0.15, 0.2) is 12.1 Å². The number of aryl methyl sites for hydroxylation is 1. The van der Waals surface area contributed by atoms with E-state index in [2.05, 4.69) is 15.4 Å². The van der Waals surface area contributed by atoms with Gasteiger partial charge < -0.3 is 9.84 Å². The Morgan fingerprint density at radius 3 is 2.94 bits per heavy atom. The molecule has 0 amide bonds. The summed E-state index contributed by atoms with van der Waals surface area (Å²) in [7, 11) is 0. The summed E-state index contributed by atoms with van der Waals surface area (Å²) in [6.45, 7) is 5.70. The molecule has 1 aromatic heterocycles. The molecule has 5 heteroatoms. The molecule has 2 rings (SSSR count). The van der Waals surface area contributed by atoms with Crippen molar-refractivity contribution in [2.75, 3.05) is 26.3 Å². The molecule has 0 spiro atoms. The molecule has 2 N–H and O–H groups in total. The molecule has 2 heterocycles. The average Bonchev–Trinajstić information content (AvgIpc) is 2.32. The maximum absolute atomic E-state index is 9.62. The summed E-state index contributed by atoms with van der Waals surface area (Å²) in [5.74, 6) is 0.242. The smallest absolute Gasteiger partial charge is 0.138 e. The van der Waals surface area contributed by atoms with Gasteiger partial charge in [-0.25, -0.2) is 10.4 Å². The Balaban J connectivity index is 1.90. The van der Waals surface area contributed by atoms with Crippen molar-refractivity contribution in [3.63, 3.8) is 0 Å². The van der Waals surface area contributed by atoms with E-state index < -0.39 is 0 Å². The first kappa shape index (κ1) is 11.3. The predicted molar refractivity (Wildman–Crippen MR) is 59.9 cm³/mol. The van der Waals surface area contributed by atoms with Gasteiger partial charge in [0.1, 0.15) is 5.75 Å². The lowest BCUT2D eigenvalue weighted by atomic mass is 10.3. The van der Waals surface area contributed by atoms with Crippen molar-refractivity contribution in [2.45, 2.75) is 13.5 Å². The number of rotatable bonds is 3. The average molecular weight is 223 g/mol. The van der Waals surface area contributed by atoms with E-state index in [0.29, 0.717) is 12.2 Å². The minimum Gasteiger partial charge on any atom is -0.506 e. The third kappa shape index (κ3) is 2.91.